The maximum atomic E-state index is 14.0. The van der Waals surface area contributed by atoms with Crippen molar-refractivity contribution in [3.63, 3.8) is 0 Å². The van der Waals surface area contributed by atoms with Crippen LogP contribution in [-0.2, 0) is 16.1 Å². The number of halogens is 4. The van der Waals surface area contributed by atoms with E-state index in [1.54, 1.807) is 26.0 Å². The summed E-state index contributed by atoms with van der Waals surface area (Å²) >= 11 is 18.4. The standard InChI is InChI=1S/C30H22Cl2I2N2O4S/c1-3-39-29(38)25-16(2)35-30-36(26(25)21-6-4-5-7-22(21)32)28(37)24(41-30)13-18-12-20(33)14-23(34)27(18)40-15-17-8-10-19(31)11-9-17/h4-14,26H,3,15H2,1-2H3/b24-13-/t26-/m1/s1. The lowest BCUT2D eigenvalue weighted by atomic mass is 9.96. The molecular weight excluding hydrogens is 809 g/mol. The second kappa shape index (κ2) is 13.0. The van der Waals surface area contributed by atoms with E-state index in [0.717, 1.165) is 18.3 Å². The Morgan fingerprint density at radius 2 is 1.85 bits per heavy atom. The number of ether oxygens (including phenoxy) is 2. The van der Waals surface area contributed by atoms with E-state index in [-0.39, 0.29) is 17.7 Å². The van der Waals surface area contributed by atoms with Crippen LogP contribution in [0.2, 0.25) is 10.0 Å². The van der Waals surface area contributed by atoms with Gasteiger partial charge in [-0.2, -0.15) is 0 Å². The van der Waals surface area contributed by atoms with Crippen molar-refractivity contribution in [2.45, 2.75) is 26.5 Å². The number of esters is 1. The van der Waals surface area contributed by atoms with E-state index < -0.39 is 12.0 Å². The normalized spacial score (nSPS) is 15.0. The van der Waals surface area contributed by atoms with Crippen LogP contribution >= 0.6 is 79.7 Å². The first-order valence-electron chi connectivity index (χ1n) is 12.5. The third-order valence-corrected chi connectivity index (χ3v) is 9.34. The van der Waals surface area contributed by atoms with Crippen molar-refractivity contribution in [1.29, 1.82) is 0 Å². The summed E-state index contributed by atoms with van der Waals surface area (Å²) in [5.74, 6) is 0.135. The van der Waals surface area contributed by atoms with Crippen LogP contribution in [0.4, 0.5) is 0 Å². The largest absolute Gasteiger partial charge is 0.487 e. The number of carbonyl (C=O) groups excluding carboxylic acids is 1. The molecule has 6 nitrogen and oxygen atoms in total. The Bertz CT molecular complexity index is 1870. The van der Waals surface area contributed by atoms with Gasteiger partial charge in [-0.3, -0.25) is 9.36 Å². The maximum absolute atomic E-state index is 14.0. The lowest BCUT2D eigenvalue weighted by molar-refractivity contribution is -0.139. The number of nitrogens with zero attached hydrogens (tertiary/aromatic N) is 2. The van der Waals surface area contributed by atoms with Crippen molar-refractivity contribution in [3.05, 3.63) is 125 Å². The van der Waals surface area contributed by atoms with Gasteiger partial charge in [0.15, 0.2) is 4.80 Å². The Balaban J connectivity index is 1.65. The molecule has 3 aromatic carbocycles. The van der Waals surface area contributed by atoms with E-state index in [1.165, 1.54) is 15.9 Å². The van der Waals surface area contributed by atoms with Crippen LogP contribution in [0.1, 0.15) is 36.6 Å². The fraction of sp³-hybridized carbons (Fsp3) is 0.167. The Kier molecular flexibility index (Phi) is 9.59. The second-order valence-electron chi connectivity index (χ2n) is 9.04. The fourth-order valence-corrected chi connectivity index (χ4v) is 7.95. The van der Waals surface area contributed by atoms with Gasteiger partial charge in [0.2, 0.25) is 0 Å². The van der Waals surface area contributed by atoms with E-state index in [1.807, 2.05) is 54.6 Å². The molecule has 5 rings (SSSR count). The van der Waals surface area contributed by atoms with E-state index >= 15 is 0 Å². The van der Waals surface area contributed by atoms with Gasteiger partial charge in [-0.15, -0.1) is 0 Å². The molecule has 0 radical (unpaired) electrons. The molecule has 0 saturated carbocycles. The highest BCUT2D eigenvalue weighted by atomic mass is 127. The predicted molar refractivity (Wildman–Crippen MR) is 180 cm³/mol. The summed E-state index contributed by atoms with van der Waals surface area (Å²) in [6, 6.07) is 17.9. The number of carbonyl (C=O) groups is 1. The minimum Gasteiger partial charge on any atom is -0.487 e. The number of benzene rings is 3. The minimum absolute atomic E-state index is 0.194. The molecule has 0 unspecified atom stereocenters. The molecule has 0 aliphatic carbocycles. The fourth-order valence-electron chi connectivity index (χ4n) is 4.50. The van der Waals surface area contributed by atoms with Crippen molar-refractivity contribution in [2.75, 3.05) is 6.61 Å². The molecule has 41 heavy (non-hydrogen) atoms. The van der Waals surface area contributed by atoms with Crippen molar-refractivity contribution in [1.82, 2.24) is 4.57 Å². The number of thiazole rings is 1. The molecule has 0 spiro atoms. The van der Waals surface area contributed by atoms with Crippen LogP contribution in [0.3, 0.4) is 0 Å². The van der Waals surface area contributed by atoms with Crippen molar-refractivity contribution in [3.8, 4) is 5.75 Å². The molecule has 0 N–H and O–H groups in total. The average molecular weight is 831 g/mol. The predicted octanol–water partition coefficient (Wildman–Crippen LogP) is 6.89. The molecule has 0 bridgehead atoms. The molecule has 1 aliphatic rings. The van der Waals surface area contributed by atoms with Gasteiger partial charge in [-0.1, -0.05) is 64.9 Å². The molecule has 11 heteroatoms. The summed E-state index contributed by atoms with van der Waals surface area (Å²) in [7, 11) is 0. The molecular formula is C30H22Cl2I2N2O4S. The molecule has 1 atom stereocenters. The molecule has 0 saturated heterocycles. The van der Waals surface area contributed by atoms with Crippen molar-refractivity contribution >= 4 is 91.8 Å². The summed E-state index contributed by atoms with van der Waals surface area (Å²) in [6.07, 6.45) is 1.82. The van der Waals surface area contributed by atoms with Gasteiger partial charge >= 0.3 is 5.97 Å². The third kappa shape index (κ3) is 6.43. The topological polar surface area (TPSA) is 69.9 Å². The Labute approximate surface area is 277 Å². The number of rotatable bonds is 7. The second-order valence-corrected chi connectivity index (χ2v) is 13.3. The summed E-state index contributed by atoms with van der Waals surface area (Å²) in [5, 5.41) is 1.10. The van der Waals surface area contributed by atoms with Gasteiger partial charge in [0.05, 0.1) is 26.0 Å². The third-order valence-electron chi connectivity index (χ3n) is 6.34. The lowest BCUT2D eigenvalue weighted by Gasteiger charge is -2.25. The highest BCUT2D eigenvalue weighted by molar-refractivity contribution is 14.1. The molecule has 0 fully saturated rings. The molecule has 1 aliphatic heterocycles. The first-order valence-corrected chi connectivity index (χ1v) is 16.2. The van der Waals surface area contributed by atoms with Gasteiger partial charge in [0.1, 0.15) is 18.4 Å². The number of hydrogen-bond acceptors (Lipinski definition) is 6. The smallest absolute Gasteiger partial charge is 0.338 e. The Morgan fingerprint density at radius 3 is 2.56 bits per heavy atom. The zero-order chi connectivity index (χ0) is 29.3. The van der Waals surface area contributed by atoms with Crippen LogP contribution in [0, 0.1) is 7.14 Å². The summed E-state index contributed by atoms with van der Waals surface area (Å²) < 4.78 is 15.5. The van der Waals surface area contributed by atoms with Gasteiger partial charge in [0.25, 0.3) is 5.56 Å². The van der Waals surface area contributed by atoms with E-state index in [9.17, 15) is 9.59 Å². The van der Waals surface area contributed by atoms with E-state index in [2.05, 4.69) is 50.2 Å². The van der Waals surface area contributed by atoms with Gasteiger partial charge in [-0.25, -0.2) is 9.79 Å². The van der Waals surface area contributed by atoms with Gasteiger partial charge < -0.3 is 9.47 Å². The summed E-state index contributed by atoms with van der Waals surface area (Å²) in [6.45, 7) is 4.02. The zero-order valence-corrected chi connectivity index (χ0v) is 28.4. The zero-order valence-electron chi connectivity index (χ0n) is 21.8. The van der Waals surface area contributed by atoms with Crippen LogP contribution in [0.15, 0.2) is 81.7 Å². The highest BCUT2D eigenvalue weighted by Gasteiger charge is 2.34. The van der Waals surface area contributed by atoms with Gasteiger partial charge in [0, 0.05) is 19.2 Å². The first-order chi connectivity index (χ1) is 19.7. The number of fused-ring (bicyclic) bond motifs is 1. The highest BCUT2D eigenvalue weighted by Crippen LogP contribution is 2.35. The van der Waals surface area contributed by atoms with E-state index in [4.69, 9.17) is 32.7 Å². The van der Waals surface area contributed by atoms with Crippen LogP contribution in [0.25, 0.3) is 6.08 Å². The van der Waals surface area contributed by atoms with Crippen LogP contribution < -0.4 is 19.6 Å². The van der Waals surface area contributed by atoms with Crippen molar-refractivity contribution in [2.24, 2.45) is 4.99 Å². The SMILES string of the molecule is CCOC(=O)C1=C(C)N=c2s/c(=C\c3cc(I)cc(I)c3OCc3ccc(Cl)cc3)c(=O)n2[C@@H]1c1ccccc1Cl. The minimum atomic E-state index is -0.780. The van der Waals surface area contributed by atoms with Crippen LogP contribution in [-0.4, -0.2) is 17.1 Å². The Morgan fingerprint density at radius 1 is 1.12 bits per heavy atom. The summed E-state index contributed by atoms with van der Waals surface area (Å²) in [4.78, 5) is 32.3. The van der Waals surface area contributed by atoms with E-state index in [0.29, 0.717) is 43.0 Å². The number of allylic oxidation sites excluding steroid dienone is 1. The number of hydrogen-bond donors (Lipinski definition) is 0. The molecule has 4 aromatic rings. The summed E-state index contributed by atoms with van der Waals surface area (Å²) in [5.41, 5.74) is 2.83. The van der Waals surface area contributed by atoms with Crippen molar-refractivity contribution < 1.29 is 14.3 Å². The molecule has 1 aromatic heterocycles. The molecule has 210 valence electrons. The van der Waals surface area contributed by atoms with Gasteiger partial charge in [-0.05, 0) is 107 Å². The molecule has 2 heterocycles. The number of aromatic nitrogens is 1. The lowest BCUT2D eigenvalue weighted by Crippen LogP contribution is -2.40. The first kappa shape index (κ1) is 30.3. The quantitative estimate of drug-likeness (QED) is 0.150. The maximum Gasteiger partial charge on any atom is 0.338 e. The monoisotopic (exact) mass is 830 g/mol. The Hall–Kier alpha value is -2.19. The van der Waals surface area contributed by atoms with Crippen LogP contribution in [0.5, 0.6) is 5.75 Å². The average Bonchev–Trinajstić information content (AvgIpc) is 3.23. The molecule has 0 amide bonds.